The van der Waals surface area contributed by atoms with Gasteiger partial charge in [-0.3, -0.25) is 0 Å². The summed E-state index contributed by atoms with van der Waals surface area (Å²) in [4.78, 5) is 3.99. The highest BCUT2D eigenvalue weighted by molar-refractivity contribution is 7.07. The molecule has 0 bridgehead atoms. The zero-order valence-electron chi connectivity index (χ0n) is 9.39. The van der Waals surface area contributed by atoms with Crippen molar-refractivity contribution in [3.8, 4) is 5.88 Å². The number of methoxy groups -OCH3 is 1. The van der Waals surface area contributed by atoms with Crippen LogP contribution in [-0.4, -0.2) is 51.7 Å². The van der Waals surface area contributed by atoms with Gasteiger partial charge in [0, 0.05) is 7.11 Å². The molecular formula is C10H17NO4S. The van der Waals surface area contributed by atoms with Crippen LogP contribution in [0, 0.1) is 0 Å². The van der Waals surface area contributed by atoms with Gasteiger partial charge < -0.3 is 18.9 Å². The molecule has 0 saturated heterocycles. The Kier molecular flexibility index (Phi) is 7.97. The molecule has 0 N–H and O–H groups in total. The zero-order valence-corrected chi connectivity index (χ0v) is 10.2. The van der Waals surface area contributed by atoms with E-state index in [1.54, 1.807) is 12.6 Å². The fraction of sp³-hybridized carbons (Fsp3) is 0.700. The smallest absolute Gasteiger partial charge is 0.224 e. The monoisotopic (exact) mass is 247 g/mol. The molecule has 0 saturated carbocycles. The summed E-state index contributed by atoms with van der Waals surface area (Å²) in [6.45, 7) is 3.44. The highest BCUT2D eigenvalue weighted by Gasteiger charge is 1.94. The van der Waals surface area contributed by atoms with Crippen LogP contribution in [0.2, 0.25) is 0 Å². The van der Waals surface area contributed by atoms with E-state index in [0.717, 1.165) is 0 Å². The summed E-state index contributed by atoms with van der Waals surface area (Å²) < 4.78 is 20.7. The lowest BCUT2D eigenvalue weighted by atomic mass is 10.7. The predicted octanol–water partition coefficient (Wildman–Crippen LogP) is 1.20. The third-order valence-electron chi connectivity index (χ3n) is 1.69. The van der Waals surface area contributed by atoms with Gasteiger partial charge in [0.05, 0.1) is 43.9 Å². The lowest BCUT2D eigenvalue weighted by Gasteiger charge is -2.05. The average Bonchev–Trinajstić information content (AvgIpc) is 2.80. The Morgan fingerprint density at radius 2 is 1.75 bits per heavy atom. The van der Waals surface area contributed by atoms with Gasteiger partial charge in [-0.25, -0.2) is 4.98 Å². The zero-order chi connectivity index (χ0) is 11.5. The van der Waals surface area contributed by atoms with Crippen LogP contribution >= 0.6 is 11.3 Å². The molecule has 1 heterocycles. The first-order valence-corrected chi connectivity index (χ1v) is 6.03. The Balaban J connectivity index is 1.78. The van der Waals surface area contributed by atoms with Crippen LogP contribution in [0.5, 0.6) is 5.88 Å². The SMILES string of the molecule is COCCOCCOCCOc1cscn1. The van der Waals surface area contributed by atoms with Crippen molar-refractivity contribution in [2.45, 2.75) is 0 Å². The van der Waals surface area contributed by atoms with Crippen molar-refractivity contribution in [1.29, 1.82) is 0 Å². The fourth-order valence-electron chi connectivity index (χ4n) is 0.942. The Morgan fingerprint density at radius 3 is 2.38 bits per heavy atom. The van der Waals surface area contributed by atoms with E-state index in [2.05, 4.69) is 4.98 Å². The maximum Gasteiger partial charge on any atom is 0.224 e. The molecule has 0 aliphatic heterocycles. The molecule has 0 aliphatic rings. The minimum atomic E-state index is 0.516. The van der Waals surface area contributed by atoms with E-state index in [-0.39, 0.29) is 0 Å². The van der Waals surface area contributed by atoms with E-state index in [0.29, 0.717) is 45.5 Å². The van der Waals surface area contributed by atoms with Crippen LogP contribution in [0.3, 0.4) is 0 Å². The van der Waals surface area contributed by atoms with Crippen molar-refractivity contribution in [1.82, 2.24) is 4.98 Å². The minimum absolute atomic E-state index is 0.516. The topological polar surface area (TPSA) is 49.8 Å². The second-order valence-electron chi connectivity index (χ2n) is 2.89. The summed E-state index contributed by atoms with van der Waals surface area (Å²) in [5.74, 6) is 0.657. The molecule has 0 aromatic carbocycles. The minimum Gasteiger partial charge on any atom is -0.475 e. The lowest BCUT2D eigenvalue weighted by Crippen LogP contribution is -2.12. The van der Waals surface area contributed by atoms with Gasteiger partial charge in [-0.1, -0.05) is 0 Å². The van der Waals surface area contributed by atoms with Gasteiger partial charge in [-0.2, -0.15) is 0 Å². The highest BCUT2D eigenvalue weighted by Crippen LogP contribution is 2.08. The number of hydrogen-bond donors (Lipinski definition) is 0. The first kappa shape index (κ1) is 13.4. The van der Waals surface area contributed by atoms with Crippen LogP contribution in [0.15, 0.2) is 10.9 Å². The number of nitrogens with zero attached hydrogens (tertiary/aromatic N) is 1. The molecule has 0 amide bonds. The maximum atomic E-state index is 5.30. The molecule has 0 fully saturated rings. The summed E-state index contributed by atoms with van der Waals surface area (Å²) in [5, 5.41) is 1.86. The van der Waals surface area contributed by atoms with Crippen LogP contribution in [0.25, 0.3) is 0 Å². The molecule has 6 heteroatoms. The van der Waals surface area contributed by atoms with Crippen molar-refractivity contribution in [2.24, 2.45) is 0 Å². The molecule has 0 atom stereocenters. The van der Waals surface area contributed by atoms with Gasteiger partial charge >= 0.3 is 0 Å². The molecular weight excluding hydrogens is 230 g/mol. The molecule has 0 radical (unpaired) electrons. The van der Waals surface area contributed by atoms with Crippen molar-refractivity contribution >= 4 is 11.3 Å². The van der Waals surface area contributed by atoms with Gasteiger partial charge in [0.15, 0.2) is 0 Å². The first-order chi connectivity index (χ1) is 7.93. The molecule has 1 rings (SSSR count). The van der Waals surface area contributed by atoms with E-state index in [9.17, 15) is 0 Å². The highest BCUT2D eigenvalue weighted by atomic mass is 32.1. The Hall–Kier alpha value is -0.690. The van der Waals surface area contributed by atoms with Gasteiger partial charge in [0.1, 0.15) is 6.61 Å². The summed E-state index contributed by atoms with van der Waals surface area (Å²) in [5.41, 5.74) is 1.74. The molecule has 0 aliphatic carbocycles. The van der Waals surface area contributed by atoms with Crippen LogP contribution in [-0.2, 0) is 14.2 Å². The number of hydrogen-bond acceptors (Lipinski definition) is 6. The van der Waals surface area contributed by atoms with Crippen LogP contribution in [0.1, 0.15) is 0 Å². The van der Waals surface area contributed by atoms with Gasteiger partial charge in [0.2, 0.25) is 5.88 Å². The van der Waals surface area contributed by atoms with Crippen molar-refractivity contribution < 1.29 is 18.9 Å². The molecule has 1 aromatic heterocycles. The first-order valence-electron chi connectivity index (χ1n) is 5.09. The fourth-order valence-corrected chi connectivity index (χ4v) is 1.41. The summed E-state index contributed by atoms with van der Waals surface area (Å²) in [6, 6.07) is 0. The number of ether oxygens (including phenoxy) is 4. The number of thiazole rings is 1. The average molecular weight is 247 g/mol. The van der Waals surface area contributed by atoms with Gasteiger partial charge in [0.25, 0.3) is 0 Å². The Morgan fingerprint density at radius 1 is 1.06 bits per heavy atom. The van der Waals surface area contributed by atoms with Crippen molar-refractivity contribution in [3.63, 3.8) is 0 Å². The van der Waals surface area contributed by atoms with E-state index < -0.39 is 0 Å². The second-order valence-corrected chi connectivity index (χ2v) is 3.61. The standard InChI is InChI=1S/C10H17NO4S/c1-12-2-3-13-4-5-14-6-7-15-10-8-16-9-11-10/h8-9H,2-7H2,1H3. The summed E-state index contributed by atoms with van der Waals surface area (Å²) >= 11 is 1.51. The van der Waals surface area contributed by atoms with Crippen molar-refractivity contribution in [2.75, 3.05) is 46.8 Å². The largest absolute Gasteiger partial charge is 0.475 e. The molecule has 92 valence electrons. The van der Waals surface area contributed by atoms with E-state index in [1.807, 2.05) is 5.38 Å². The van der Waals surface area contributed by atoms with Crippen molar-refractivity contribution in [3.05, 3.63) is 10.9 Å². The van der Waals surface area contributed by atoms with Crippen LogP contribution < -0.4 is 4.74 Å². The normalized spacial score (nSPS) is 10.6. The van der Waals surface area contributed by atoms with Gasteiger partial charge in [-0.05, 0) is 0 Å². The number of aromatic nitrogens is 1. The third kappa shape index (κ3) is 6.73. The lowest BCUT2D eigenvalue weighted by molar-refractivity contribution is 0.0177. The quantitative estimate of drug-likeness (QED) is 0.581. The molecule has 0 unspecified atom stereocenters. The Bertz CT molecular complexity index is 243. The maximum absolute atomic E-state index is 5.30. The van der Waals surface area contributed by atoms with Crippen LogP contribution in [0.4, 0.5) is 0 Å². The summed E-state index contributed by atoms with van der Waals surface area (Å²) in [7, 11) is 1.65. The predicted molar refractivity (Wildman–Crippen MR) is 61.1 cm³/mol. The molecule has 16 heavy (non-hydrogen) atoms. The molecule has 0 spiro atoms. The van der Waals surface area contributed by atoms with E-state index in [1.165, 1.54) is 11.3 Å². The summed E-state index contributed by atoms with van der Waals surface area (Å²) in [6.07, 6.45) is 0. The molecule has 5 nitrogen and oxygen atoms in total. The number of rotatable bonds is 10. The second kappa shape index (κ2) is 9.53. The third-order valence-corrected chi connectivity index (χ3v) is 2.26. The molecule has 1 aromatic rings. The van der Waals surface area contributed by atoms with E-state index in [4.69, 9.17) is 18.9 Å². The Labute approximate surface area is 99.3 Å². The van der Waals surface area contributed by atoms with E-state index >= 15 is 0 Å². The van der Waals surface area contributed by atoms with Gasteiger partial charge in [-0.15, -0.1) is 11.3 Å².